The van der Waals surface area contributed by atoms with Crippen LogP contribution in [0.3, 0.4) is 0 Å². The molecule has 0 saturated carbocycles. The minimum atomic E-state index is 0.609. The van der Waals surface area contributed by atoms with Crippen molar-refractivity contribution in [2.45, 2.75) is 13.8 Å². The van der Waals surface area contributed by atoms with Gasteiger partial charge in [-0.15, -0.1) is 0 Å². The maximum absolute atomic E-state index is 6.18. The lowest BCUT2D eigenvalue weighted by Crippen LogP contribution is -1.85. The Morgan fingerprint density at radius 1 is 0.938 bits per heavy atom. The predicted molar refractivity (Wildman–Crippen MR) is 70.2 cm³/mol. The van der Waals surface area contributed by atoms with Crippen molar-refractivity contribution in [1.82, 2.24) is 0 Å². The molecule has 0 aliphatic heterocycles. The first-order valence-electron chi connectivity index (χ1n) is 5.02. The van der Waals surface area contributed by atoms with E-state index in [-0.39, 0.29) is 0 Å². The van der Waals surface area contributed by atoms with Crippen molar-refractivity contribution < 1.29 is 0 Å². The van der Waals surface area contributed by atoms with E-state index in [1.807, 2.05) is 44.2 Å². The Hall–Kier alpha value is -0.980. The highest BCUT2D eigenvalue weighted by molar-refractivity contribution is 6.36. The smallest absolute Gasteiger partial charge is 0.0564 e. The first-order chi connectivity index (χ1) is 7.58. The van der Waals surface area contributed by atoms with Crippen LogP contribution in [0, 0.1) is 19.9 Å². The Kier molecular flexibility index (Phi) is 3.22. The highest BCUT2D eigenvalue weighted by Gasteiger charge is 2.08. The van der Waals surface area contributed by atoms with Crippen molar-refractivity contribution >= 4 is 23.2 Å². The molecule has 0 fully saturated rings. The molecule has 0 spiro atoms. The fourth-order valence-electron chi connectivity index (χ4n) is 1.63. The molecule has 0 aromatic heterocycles. The number of hydrogen-bond donors (Lipinski definition) is 0. The zero-order valence-corrected chi connectivity index (χ0v) is 10.7. The Balaban J connectivity index is 2.66. The van der Waals surface area contributed by atoms with E-state index in [9.17, 15) is 0 Å². The van der Waals surface area contributed by atoms with Gasteiger partial charge in [0.25, 0.3) is 0 Å². The molecule has 0 nitrogen and oxygen atoms in total. The summed E-state index contributed by atoms with van der Waals surface area (Å²) in [4.78, 5) is 0. The monoisotopic (exact) mass is 249 g/mol. The van der Waals surface area contributed by atoms with Crippen molar-refractivity contribution in [1.29, 1.82) is 0 Å². The SMILES string of the molecule is Cc1c[c]c(Cl)c(-c2cc(C)ccc2Cl)c1. The molecule has 2 heteroatoms. The summed E-state index contributed by atoms with van der Waals surface area (Å²) in [7, 11) is 0. The van der Waals surface area contributed by atoms with E-state index < -0.39 is 0 Å². The molecule has 0 atom stereocenters. The third-order valence-corrected chi connectivity index (χ3v) is 3.09. The van der Waals surface area contributed by atoms with Gasteiger partial charge in [-0.05, 0) is 43.7 Å². The summed E-state index contributed by atoms with van der Waals surface area (Å²) in [6, 6.07) is 12.8. The second kappa shape index (κ2) is 4.48. The van der Waals surface area contributed by atoms with Crippen LogP contribution in [-0.4, -0.2) is 0 Å². The van der Waals surface area contributed by atoms with Gasteiger partial charge < -0.3 is 0 Å². The van der Waals surface area contributed by atoms with Crippen LogP contribution in [0.1, 0.15) is 11.1 Å². The molecule has 81 valence electrons. The molecule has 0 bridgehead atoms. The van der Waals surface area contributed by atoms with Crippen LogP contribution < -0.4 is 0 Å². The Bertz CT molecular complexity index is 481. The van der Waals surface area contributed by atoms with Crippen LogP contribution in [0.2, 0.25) is 10.0 Å². The van der Waals surface area contributed by atoms with Crippen molar-refractivity contribution in [2.75, 3.05) is 0 Å². The second-order valence-corrected chi connectivity index (χ2v) is 4.67. The number of hydrogen-bond acceptors (Lipinski definition) is 0. The van der Waals surface area contributed by atoms with Gasteiger partial charge in [-0.25, -0.2) is 0 Å². The van der Waals surface area contributed by atoms with Gasteiger partial charge in [0.15, 0.2) is 0 Å². The summed E-state index contributed by atoms with van der Waals surface area (Å²) >= 11 is 12.3. The summed E-state index contributed by atoms with van der Waals surface area (Å²) in [6.07, 6.45) is 0. The van der Waals surface area contributed by atoms with Crippen LogP contribution >= 0.6 is 23.2 Å². The Morgan fingerprint density at radius 3 is 2.38 bits per heavy atom. The van der Waals surface area contributed by atoms with Crippen molar-refractivity contribution in [2.24, 2.45) is 0 Å². The van der Waals surface area contributed by atoms with E-state index in [0.717, 1.165) is 22.3 Å². The van der Waals surface area contributed by atoms with Crippen molar-refractivity contribution in [3.63, 3.8) is 0 Å². The Labute approximate surface area is 106 Å². The molecule has 2 rings (SSSR count). The first kappa shape index (κ1) is 11.5. The summed E-state index contributed by atoms with van der Waals surface area (Å²) in [5.74, 6) is 0. The number of rotatable bonds is 1. The van der Waals surface area contributed by atoms with Gasteiger partial charge in [-0.3, -0.25) is 0 Å². The summed E-state index contributed by atoms with van der Waals surface area (Å²) in [6.45, 7) is 4.05. The maximum Gasteiger partial charge on any atom is 0.0564 e. The summed E-state index contributed by atoms with van der Waals surface area (Å²) in [5.41, 5.74) is 4.19. The summed E-state index contributed by atoms with van der Waals surface area (Å²) in [5, 5.41) is 1.32. The third kappa shape index (κ3) is 2.23. The van der Waals surface area contributed by atoms with Gasteiger partial charge in [0.05, 0.1) is 5.02 Å². The van der Waals surface area contributed by atoms with Gasteiger partial charge in [0, 0.05) is 22.2 Å². The lowest BCUT2D eigenvalue weighted by molar-refractivity contribution is 1.43. The molecule has 0 N–H and O–H groups in total. The average Bonchev–Trinajstić information content (AvgIpc) is 2.25. The van der Waals surface area contributed by atoms with Crippen molar-refractivity contribution in [3.05, 3.63) is 57.6 Å². The largest absolute Gasteiger partial charge is 0.0837 e. The minimum Gasteiger partial charge on any atom is -0.0837 e. The minimum absolute atomic E-state index is 0.609. The van der Waals surface area contributed by atoms with Crippen LogP contribution in [0.15, 0.2) is 30.3 Å². The highest BCUT2D eigenvalue weighted by atomic mass is 35.5. The van der Waals surface area contributed by atoms with Crippen molar-refractivity contribution in [3.8, 4) is 11.1 Å². The summed E-state index contributed by atoms with van der Waals surface area (Å²) < 4.78 is 0. The third-order valence-electron chi connectivity index (χ3n) is 2.45. The normalized spacial score (nSPS) is 10.5. The van der Waals surface area contributed by atoms with Gasteiger partial charge >= 0.3 is 0 Å². The van der Waals surface area contributed by atoms with Crippen LogP contribution in [-0.2, 0) is 0 Å². The van der Waals surface area contributed by atoms with Crippen LogP contribution in [0.25, 0.3) is 11.1 Å². The lowest BCUT2D eigenvalue weighted by atomic mass is 10.0. The standard InChI is InChI=1S/C14H11Cl2/c1-9-3-5-13(15)11(7-9)12-8-10(2)4-6-14(12)16/h3-5,7-8H,1-2H3. The van der Waals surface area contributed by atoms with Gasteiger partial charge in [-0.1, -0.05) is 34.8 Å². The molecule has 0 amide bonds. The van der Waals surface area contributed by atoms with E-state index in [4.69, 9.17) is 23.2 Å². The highest BCUT2D eigenvalue weighted by Crippen LogP contribution is 2.34. The maximum atomic E-state index is 6.18. The van der Waals surface area contributed by atoms with Gasteiger partial charge in [-0.2, -0.15) is 0 Å². The number of aryl methyl sites for hydroxylation is 2. The van der Waals surface area contributed by atoms with E-state index in [1.54, 1.807) is 0 Å². The molecule has 16 heavy (non-hydrogen) atoms. The fraction of sp³-hybridized carbons (Fsp3) is 0.143. The molecular formula is C14H11Cl2. The van der Waals surface area contributed by atoms with Gasteiger partial charge in [0.1, 0.15) is 0 Å². The molecule has 0 unspecified atom stereocenters. The molecule has 0 aliphatic rings. The van der Waals surface area contributed by atoms with E-state index >= 15 is 0 Å². The second-order valence-electron chi connectivity index (χ2n) is 3.89. The first-order valence-corrected chi connectivity index (χ1v) is 5.78. The fourth-order valence-corrected chi connectivity index (χ4v) is 2.06. The van der Waals surface area contributed by atoms with E-state index in [0.29, 0.717) is 10.0 Å². The molecule has 1 radical (unpaired) electrons. The molecular weight excluding hydrogens is 239 g/mol. The Morgan fingerprint density at radius 2 is 1.62 bits per heavy atom. The van der Waals surface area contributed by atoms with Gasteiger partial charge in [0.2, 0.25) is 0 Å². The predicted octanol–water partition coefficient (Wildman–Crippen LogP) is 5.08. The zero-order valence-electron chi connectivity index (χ0n) is 9.14. The molecule has 0 heterocycles. The number of benzene rings is 2. The molecule has 2 aromatic rings. The quantitative estimate of drug-likeness (QED) is 0.662. The number of halogens is 2. The van der Waals surface area contributed by atoms with Crippen LogP contribution in [0.4, 0.5) is 0 Å². The van der Waals surface area contributed by atoms with E-state index in [1.165, 1.54) is 0 Å². The van der Waals surface area contributed by atoms with Crippen LogP contribution in [0.5, 0.6) is 0 Å². The average molecular weight is 250 g/mol. The lowest BCUT2D eigenvalue weighted by Gasteiger charge is -2.08. The molecule has 0 saturated heterocycles. The zero-order chi connectivity index (χ0) is 11.7. The molecule has 2 aromatic carbocycles. The topological polar surface area (TPSA) is 0 Å². The van der Waals surface area contributed by atoms with E-state index in [2.05, 4.69) is 6.07 Å². The molecule has 0 aliphatic carbocycles.